The fourth-order valence-electron chi connectivity index (χ4n) is 2.05. The van der Waals surface area contributed by atoms with Gasteiger partial charge in [-0.25, -0.2) is 8.42 Å². The van der Waals surface area contributed by atoms with Crippen LogP contribution in [0.4, 0.5) is 18.9 Å². The number of amides is 1. The Morgan fingerprint density at radius 2 is 1.72 bits per heavy atom. The summed E-state index contributed by atoms with van der Waals surface area (Å²) >= 11 is 0. The molecule has 0 aliphatic heterocycles. The lowest BCUT2D eigenvalue weighted by Crippen LogP contribution is -2.23. The number of hydrogen-bond acceptors (Lipinski definition) is 3. The standard InChI is InChI=1S/C16H15F3N2O3S/c1-25(23,24)21-14-7-5-12(6-8-14)15(22)20-10-11-3-2-4-13(9-11)16(17,18)19/h2-9,21H,10H2,1H3,(H,20,22). The zero-order valence-corrected chi connectivity index (χ0v) is 13.9. The highest BCUT2D eigenvalue weighted by Crippen LogP contribution is 2.29. The van der Waals surface area contributed by atoms with Crippen LogP contribution in [0.2, 0.25) is 0 Å². The normalized spacial score (nSPS) is 11.8. The average Bonchev–Trinajstić information content (AvgIpc) is 2.51. The van der Waals surface area contributed by atoms with Crippen LogP contribution in [0.5, 0.6) is 0 Å². The number of anilines is 1. The SMILES string of the molecule is CS(=O)(=O)Nc1ccc(C(=O)NCc2cccc(C(F)(F)F)c2)cc1. The van der Waals surface area contributed by atoms with Crippen molar-refractivity contribution in [2.75, 3.05) is 11.0 Å². The molecule has 134 valence electrons. The van der Waals surface area contributed by atoms with E-state index in [9.17, 15) is 26.4 Å². The predicted octanol–water partition coefficient (Wildman–Crippen LogP) is 3.01. The molecule has 5 nitrogen and oxygen atoms in total. The van der Waals surface area contributed by atoms with E-state index in [0.29, 0.717) is 11.3 Å². The van der Waals surface area contributed by atoms with Crippen molar-refractivity contribution in [3.8, 4) is 0 Å². The Morgan fingerprint density at radius 3 is 2.28 bits per heavy atom. The number of nitrogens with one attached hydrogen (secondary N) is 2. The van der Waals surface area contributed by atoms with E-state index < -0.39 is 27.7 Å². The molecule has 0 atom stereocenters. The lowest BCUT2D eigenvalue weighted by atomic mass is 10.1. The topological polar surface area (TPSA) is 75.3 Å². The fourth-order valence-corrected chi connectivity index (χ4v) is 2.61. The van der Waals surface area contributed by atoms with Gasteiger partial charge in [0.15, 0.2) is 0 Å². The van der Waals surface area contributed by atoms with Gasteiger partial charge in [-0.3, -0.25) is 9.52 Å². The first-order valence-corrected chi connectivity index (χ1v) is 8.96. The van der Waals surface area contributed by atoms with Gasteiger partial charge in [-0.05, 0) is 42.0 Å². The van der Waals surface area contributed by atoms with Gasteiger partial charge in [0.1, 0.15) is 0 Å². The molecule has 0 aliphatic rings. The van der Waals surface area contributed by atoms with Crippen LogP contribution in [0.15, 0.2) is 48.5 Å². The van der Waals surface area contributed by atoms with Crippen molar-refractivity contribution in [1.82, 2.24) is 5.32 Å². The summed E-state index contributed by atoms with van der Waals surface area (Å²) in [5, 5.41) is 2.52. The molecule has 0 saturated heterocycles. The highest BCUT2D eigenvalue weighted by molar-refractivity contribution is 7.92. The molecule has 2 rings (SSSR count). The Bertz CT molecular complexity index is 863. The minimum Gasteiger partial charge on any atom is -0.348 e. The molecule has 0 radical (unpaired) electrons. The lowest BCUT2D eigenvalue weighted by molar-refractivity contribution is -0.137. The second-order valence-corrected chi connectivity index (χ2v) is 7.08. The highest BCUT2D eigenvalue weighted by atomic mass is 32.2. The first-order valence-electron chi connectivity index (χ1n) is 7.07. The minimum atomic E-state index is -4.44. The van der Waals surface area contributed by atoms with Crippen LogP contribution in [0.25, 0.3) is 0 Å². The van der Waals surface area contributed by atoms with E-state index in [2.05, 4.69) is 10.0 Å². The molecular formula is C16H15F3N2O3S. The number of carbonyl (C=O) groups is 1. The van der Waals surface area contributed by atoms with E-state index in [0.717, 1.165) is 18.4 Å². The van der Waals surface area contributed by atoms with E-state index in [1.165, 1.54) is 36.4 Å². The number of benzene rings is 2. The second-order valence-electron chi connectivity index (χ2n) is 5.33. The number of sulfonamides is 1. The van der Waals surface area contributed by atoms with Crippen molar-refractivity contribution >= 4 is 21.6 Å². The first kappa shape index (κ1) is 18.8. The molecule has 25 heavy (non-hydrogen) atoms. The molecule has 0 spiro atoms. The molecule has 0 bridgehead atoms. The van der Waals surface area contributed by atoms with E-state index in [-0.39, 0.29) is 12.1 Å². The van der Waals surface area contributed by atoms with Crippen molar-refractivity contribution in [1.29, 1.82) is 0 Å². The van der Waals surface area contributed by atoms with Crippen LogP contribution in [0, 0.1) is 0 Å². The summed E-state index contributed by atoms with van der Waals surface area (Å²) in [6, 6.07) is 10.3. The Hall–Kier alpha value is -2.55. The second kappa shape index (κ2) is 7.14. The highest BCUT2D eigenvalue weighted by Gasteiger charge is 2.30. The Morgan fingerprint density at radius 1 is 1.08 bits per heavy atom. The van der Waals surface area contributed by atoms with Crippen molar-refractivity contribution in [2.24, 2.45) is 0 Å². The molecule has 0 fully saturated rings. The summed E-state index contributed by atoms with van der Waals surface area (Å²) in [6.45, 7) is -0.0634. The van der Waals surface area contributed by atoms with E-state index in [4.69, 9.17) is 0 Å². The molecule has 2 aromatic carbocycles. The summed E-state index contributed by atoms with van der Waals surface area (Å²) in [5.41, 5.74) is 0.0944. The molecular weight excluding hydrogens is 357 g/mol. The van der Waals surface area contributed by atoms with Gasteiger partial charge in [0.2, 0.25) is 10.0 Å². The third kappa shape index (κ3) is 5.79. The Labute approximate surface area is 142 Å². The van der Waals surface area contributed by atoms with Crippen LogP contribution in [-0.4, -0.2) is 20.6 Å². The van der Waals surface area contributed by atoms with Gasteiger partial charge in [0.25, 0.3) is 5.91 Å². The van der Waals surface area contributed by atoms with Crippen LogP contribution < -0.4 is 10.0 Å². The largest absolute Gasteiger partial charge is 0.416 e. The summed E-state index contributed by atoms with van der Waals surface area (Å²) in [7, 11) is -3.42. The van der Waals surface area contributed by atoms with Crippen molar-refractivity contribution in [3.05, 3.63) is 65.2 Å². The lowest BCUT2D eigenvalue weighted by Gasteiger charge is -2.10. The van der Waals surface area contributed by atoms with Crippen LogP contribution in [-0.2, 0) is 22.7 Å². The predicted molar refractivity (Wildman–Crippen MR) is 87.5 cm³/mol. The van der Waals surface area contributed by atoms with Crippen molar-refractivity contribution in [2.45, 2.75) is 12.7 Å². The molecule has 9 heteroatoms. The monoisotopic (exact) mass is 372 g/mol. The first-order chi connectivity index (χ1) is 11.5. The Kier molecular flexibility index (Phi) is 5.36. The van der Waals surface area contributed by atoms with E-state index in [1.807, 2.05) is 0 Å². The summed E-state index contributed by atoms with van der Waals surface area (Å²) in [5.74, 6) is -0.483. The van der Waals surface area contributed by atoms with Gasteiger partial charge in [-0.2, -0.15) is 13.2 Å². The van der Waals surface area contributed by atoms with Crippen molar-refractivity contribution in [3.63, 3.8) is 0 Å². The van der Waals surface area contributed by atoms with Gasteiger partial charge >= 0.3 is 6.18 Å². The van der Waals surface area contributed by atoms with Crippen molar-refractivity contribution < 1.29 is 26.4 Å². The van der Waals surface area contributed by atoms with Gasteiger partial charge in [-0.1, -0.05) is 12.1 Å². The maximum atomic E-state index is 12.7. The minimum absolute atomic E-state index is 0.0634. The maximum Gasteiger partial charge on any atom is 0.416 e. The molecule has 1 amide bonds. The molecule has 0 unspecified atom stereocenters. The molecule has 0 heterocycles. The molecule has 2 aromatic rings. The average molecular weight is 372 g/mol. The quantitative estimate of drug-likeness (QED) is 0.847. The molecule has 0 aromatic heterocycles. The van der Waals surface area contributed by atoms with Crippen LogP contribution in [0.3, 0.4) is 0 Å². The van der Waals surface area contributed by atoms with Gasteiger partial charge in [0.05, 0.1) is 11.8 Å². The number of hydrogen-bond donors (Lipinski definition) is 2. The van der Waals surface area contributed by atoms with Crippen LogP contribution in [0.1, 0.15) is 21.5 Å². The number of alkyl halides is 3. The van der Waals surface area contributed by atoms with E-state index in [1.54, 1.807) is 0 Å². The fraction of sp³-hybridized carbons (Fsp3) is 0.188. The van der Waals surface area contributed by atoms with E-state index >= 15 is 0 Å². The summed E-state index contributed by atoms with van der Waals surface area (Å²) in [6.07, 6.45) is -3.44. The Balaban J connectivity index is 2.01. The van der Waals surface area contributed by atoms with Gasteiger partial charge in [0, 0.05) is 17.8 Å². The zero-order chi connectivity index (χ0) is 18.7. The van der Waals surface area contributed by atoms with Crippen LogP contribution >= 0.6 is 0 Å². The maximum absolute atomic E-state index is 12.7. The smallest absolute Gasteiger partial charge is 0.348 e. The number of rotatable bonds is 5. The molecule has 0 aliphatic carbocycles. The number of carbonyl (C=O) groups excluding carboxylic acids is 1. The molecule has 0 saturated carbocycles. The van der Waals surface area contributed by atoms with Gasteiger partial charge in [-0.15, -0.1) is 0 Å². The zero-order valence-electron chi connectivity index (χ0n) is 13.1. The summed E-state index contributed by atoms with van der Waals surface area (Å²) in [4.78, 5) is 12.0. The third-order valence-corrected chi connectivity index (χ3v) is 3.76. The third-order valence-electron chi connectivity index (χ3n) is 3.16. The summed E-state index contributed by atoms with van der Waals surface area (Å²) < 4.78 is 62.4. The van der Waals surface area contributed by atoms with Gasteiger partial charge < -0.3 is 5.32 Å². The molecule has 2 N–H and O–H groups in total. The number of halogens is 3.